The number of hydrogen-bond donors (Lipinski definition) is 2. The molecule has 0 atom stereocenters. The van der Waals surface area contributed by atoms with Crippen molar-refractivity contribution >= 4 is 22.6 Å². The van der Waals surface area contributed by atoms with Crippen LogP contribution in [0.5, 0.6) is 5.75 Å². The topological polar surface area (TPSA) is 72.5 Å². The number of urea groups is 1. The van der Waals surface area contributed by atoms with Gasteiger partial charge in [-0.2, -0.15) is 8.78 Å². The molecule has 1 aromatic heterocycles. The van der Waals surface area contributed by atoms with E-state index < -0.39 is 6.61 Å². The van der Waals surface area contributed by atoms with Gasteiger partial charge in [0, 0.05) is 31.8 Å². The summed E-state index contributed by atoms with van der Waals surface area (Å²) in [6, 6.07) is 5.82. The summed E-state index contributed by atoms with van der Waals surface area (Å²) in [6.07, 6.45) is 3.12. The van der Waals surface area contributed by atoms with Crippen LogP contribution in [-0.4, -0.2) is 37.9 Å². The molecule has 2 amide bonds. The highest BCUT2D eigenvalue weighted by Crippen LogP contribution is 2.30. The predicted octanol–water partition coefficient (Wildman–Crippen LogP) is 3.38. The zero-order valence-corrected chi connectivity index (χ0v) is 13.2. The molecule has 0 bridgehead atoms. The Morgan fingerprint density at radius 3 is 2.88 bits per heavy atom. The number of methoxy groups -OCH3 is 1. The second kappa shape index (κ2) is 8.97. The molecule has 0 spiro atoms. The number of ether oxygens (including phenoxy) is 2. The van der Waals surface area contributed by atoms with E-state index in [4.69, 9.17) is 4.74 Å². The van der Waals surface area contributed by atoms with E-state index in [1.54, 1.807) is 19.2 Å². The largest absolute Gasteiger partial charge is 0.432 e. The van der Waals surface area contributed by atoms with Gasteiger partial charge in [-0.3, -0.25) is 4.98 Å². The highest BCUT2D eigenvalue weighted by atomic mass is 19.3. The molecule has 130 valence electrons. The van der Waals surface area contributed by atoms with Crippen LogP contribution in [0.1, 0.15) is 12.8 Å². The van der Waals surface area contributed by atoms with E-state index in [9.17, 15) is 13.6 Å². The molecular weight excluding hydrogens is 320 g/mol. The fourth-order valence-corrected chi connectivity index (χ4v) is 2.19. The molecule has 6 nitrogen and oxygen atoms in total. The van der Waals surface area contributed by atoms with Crippen LogP contribution in [0.3, 0.4) is 0 Å². The number of unbranched alkanes of at least 4 members (excludes halogenated alkanes) is 1. The maximum absolute atomic E-state index is 12.4. The monoisotopic (exact) mass is 339 g/mol. The lowest BCUT2D eigenvalue weighted by molar-refractivity contribution is -0.0489. The van der Waals surface area contributed by atoms with Gasteiger partial charge in [0.05, 0.1) is 5.69 Å². The highest BCUT2D eigenvalue weighted by molar-refractivity contribution is 6.02. The van der Waals surface area contributed by atoms with Crippen LogP contribution in [-0.2, 0) is 4.74 Å². The normalized spacial score (nSPS) is 10.8. The second-order valence-corrected chi connectivity index (χ2v) is 4.97. The van der Waals surface area contributed by atoms with Crippen molar-refractivity contribution in [3.8, 4) is 5.75 Å². The van der Waals surface area contributed by atoms with Gasteiger partial charge in [0.2, 0.25) is 0 Å². The van der Waals surface area contributed by atoms with Crippen molar-refractivity contribution in [2.45, 2.75) is 19.5 Å². The molecule has 8 heteroatoms. The molecule has 1 aromatic carbocycles. The Morgan fingerprint density at radius 2 is 2.12 bits per heavy atom. The third-order valence-electron chi connectivity index (χ3n) is 3.26. The number of nitrogens with zero attached hydrogens (tertiary/aromatic N) is 1. The third-order valence-corrected chi connectivity index (χ3v) is 3.26. The quantitative estimate of drug-likeness (QED) is 0.723. The smallest absolute Gasteiger partial charge is 0.387 e. The van der Waals surface area contributed by atoms with Crippen molar-refractivity contribution in [2.75, 3.05) is 25.6 Å². The second-order valence-electron chi connectivity index (χ2n) is 4.97. The first-order valence-electron chi connectivity index (χ1n) is 7.48. The van der Waals surface area contributed by atoms with Gasteiger partial charge in [-0.1, -0.05) is 0 Å². The summed E-state index contributed by atoms with van der Waals surface area (Å²) in [7, 11) is 1.63. The maximum atomic E-state index is 12.4. The number of nitrogens with one attached hydrogen (secondary N) is 2. The Bertz CT molecular complexity index is 683. The number of pyridine rings is 1. The minimum atomic E-state index is -2.94. The number of rotatable bonds is 8. The van der Waals surface area contributed by atoms with E-state index in [2.05, 4.69) is 20.4 Å². The number of amides is 2. The standard InChI is InChI=1S/C16H19F2N3O3/c1-23-10-3-2-8-20-16(22)21-12-6-7-13(24-15(17)18)14-11(12)5-4-9-19-14/h4-7,9,15H,2-3,8,10H2,1H3,(H2,20,21,22). The molecule has 0 fully saturated rings. The first-order chi connectivity index (χ1) is 11.6. The molecule has 0 aliphatic rings. The fourth-order valence-electron chi connectivity index (χ4n) is 2.19. The average Bonchev–Trinajstić information content (AvgIpc) is 2.56. The van der Waals surface area contributed by atoms with Gasteiger partial charge in [-0.25, -0.2) is 4.79 Å². The molecule has 2 aromatic rings. The first-order valence-corrected chi connectivity index (χ1v) is 7.48. The first kappa shape index (κ1) is 17.9. The zero-order valence-electron chi connectivity index (χ0n) is 13.2. The van der Waals surface area contributed by atoms with E-state index in [0.717, 1.165) is 12.8 Å². The van der Waals surface area contributed by atoms with Crippen LogP contribution < -0.4 is 15.4 Å². The number of aromatic nitrogens is 1. The fraction of sp³-hybridized carbons (Fsp3) is 0.375. The number of alkyl halides is 2. The lowest BCUT2D eigenvalue weighted by Crippen LogP contribution is -2.29. The Hall–Kier alpha value is -2.48. The number of hydrogen-bond acceptors (Lipinski definition) is 4. The van der Waals surface area contributed by atoms with E-state index in [1.807, 2.05) is 0 Å². The molecule has 2 N–H and O–H groups in total. The van der Waals surface area contributed by atoms with Crippen molar-refractivity contribution in [3.63, 3.8) is 0 Å². The number of carbonyl (C=O) groups excluding carboxylic acids is 1. The van der Waals surface area contributed by atoms with E-state index in [0.29, 0.717) is 24.2 Å². The molecule has 0 saturated heterocycles. The van der Waals surface area contributed by atoms with Crippen molar-refractivity contribution in [1.29, 1.82) is 0 Å². The van der Waals surface area contributed by atoms with Gasteiger partial charge >= 0.3 is 12.6 Å². The number of anilines is 1. The Kier molecular flexibility index (Phi) is 6.68. The number of benzene rings is 1. The lowest BCUT2D eigenvalue weighted by atomic mass is 10.1. The minimum Gasteiger partial charge on any atom is -0.432 e. The van der Waals surface area contributed by atoms with Gasteiger partial charge in [-0.15, -0.1) is 0 Å². The molecule has 24 heavy (non-hydrogen) atoms. The van der Waals surface area contributed by atoms with Gasteiger partial charge in [0.25, 0.3) is 0 Å². The average molecular weight is 339 g/mol. The van der Waals surface area contributed by atoms with Crippen LogP contribution in [0.2, 0.25) is 0 Å². The van der Waals surface area contributed by atoms with Crippen LogP contribution in [0.25, 0.3) is 10.9 Å². The molecule has 0 radical (unpaired) electrons. The van der Waals surface area contributed by atoms with Gasteiger partial charge in [0.15, 0.2) is 5.75 Å². The van der Waals surface area contributed by atoms with Gasteiger partial charge in [0.1, 0.15) is 5.52 Å². The van der Waals surface area contributed by atoms with Gasteiger partial charge in [-0.05, 0) is 37.1 Å². The predicted molar refractivity (Wildman–Crippen MR) is 86.5 cm³/mol. The minimum absolute atomic E-state index is 0.0360. The maximum Gasteiger partial charge on any atom is 0.387 e. The van der Waals surface area contributed by atoms with Crippen LogP contribution in [0.15, 0.2) is 30.5 Å². The van der Waals surface area contributed by atoms with E-state index in [1.165, 1.54) is 18.3 Å². The molecule has 0 unspecified atom stereocenters. The zero-order chi connectivity index (χ0) is 17.4. The number of halogens is 2. The molecule has 2 rings (SSSR count). The lowest BCUT2D eigenvalue weighted by Gasteiger charge is -2.12. The summed E-state index contributed by atoms with van der Waals surface area (Å²) in [5.41, 5.74) is 0.727. The number of carbonyl (C=O) groups is 1. The highest BCUT2D eigenvalue weighted by Gasteiger charge is 2.13. The Labute approximate surface area is 138 Å². The summed E-state index contributed by atoms with van der Waals surface area (Å²) in [5.74, 6) is -0.0360. The van der Waals surface area contributed by atoms with E-state index in [-0.39, 0.29) is 17.3 Å². The summed E-state index contributed by atoms with van der Waals surface area (Å²) in [4.78, 5) is 16.0. The molecule has 1 heterocycles. The van der Waals surface area contributed by atoms with Crippen molar-refractivity contribution in [1.82, 2.24) is 10.3 Å². The Morgan fingerprint density at radius 1 is 1.29 bits per heavy atom. The molecule has 0 aliphatic heterocycles. The molecule has 0 saturated carbocycles. The number of fused-ring (bicyclic) bond motifs is 1. The molecular formula is C16H19F2N3O3. The summed E-state index contributed by atoms with van der Waals surface area (Å²) < 4.78 is 34.3. The summed E-state index contributed by atoms with van der Waals surface area (Å²) >= 11 is 0. The van der Waals surface area contributed by atoms with Crippen molar-refractivity contribution in [2.24, 2.45) is 0 Å². The van der Waals surface area contributed by atoms with Crippen LogP contribution >= 0.6 is 0 Å². The molecule has 0 aliphatic carbocycles. The summed E-state index contributed by atoms with van der Waals surface area (Å²) in [6.45, 7) is -1.78. The van der Waals surface area contributed by atoms with Crippen molar-refractivity contribution < 1.29 is 23.0 Å². The van der Waals surface area contributed by atoms with Gasteiger partial charge < -0.3 is 20.1 Å². The Balaban J connectivity index is 2.05. The SMILES string of the molecule is COCCCCNC(=O)Nc1ccc(OC(F)F)c2ncccc12. The van der Waals surface area contributed by atoms with Crippen LogP contribution in [0, 0.1) is 0 Å². The van der Waals surface area contributed by atoms with Crippen LogP contribution in [0.4, 0.5) is 19.3 Å². The summed E-state index contributed by atoms with van der Waals surface area (Å²) in [5, 5.41) is 5.94. The van der Waals surface area contributed by atoms with Crippen molar-refractivity contribution in [3.05, 3.63) is 30.5 Å². The van der Waals surface area contributed by atoms with E-state index >= 15 is 0 Å². The third kappa shape index (κ3) is 5.02.